The second kappa shape index (κ2) is 5.21. The minimum Gasteiger partial charge on any atom is -0.480 e. The number of nitrogens with zero attached hydrogens (tertiary/aromatic N) is 1. The van der Waals surface area contributed by atoms with Gasteiger partial charge in [0.1, 0.15) is 18.2 Å². The van der Waals surface area contributed by atoms with E-state index in [4.69, 9.17) is 5.11 Å². The summed E-state index contributed by atoms with van der Waals surface area (Å²) in [7, 11) is 0. The van der Waals surface area contributed by atoms with Gasteiger partial charge >= 0.3 is 12.0 Å². The van der Waals surface area contributed by atoms with Crippen molar-refractivity contribution in [1.29, 1.82) is 0 Å². The summed E-state index contributed by atoms with van der Waals surface area (Å²) < 4.78 is 26.1. The molecule has 1 aromatic rings. The molecule has 1 aliphatic rings. The van der Waals surface area contributed by atoms with Gasteiger partial charge in [0, 0.05) is 12.1 Å². The van der Waals surface area contributed by atoms with Crippen LogP contribution >= 0.6 is 0 Å². The Kier molecular flexibility index (Phi) is 3.64. The minimum atomic E-state index is -1.14. The molecule has 0 aromatic heterocycles. The van der Waals surface area contributed by atoms with E-state index in [9.17, 15) is 18.4 Å². The maximum Gasteiger partial charge on any atom is 0.323 e. The zero-order chi connectivity index (χ0) is 14.0. The maximum absolute atomic E-state index is 13.4. The Labute approximate surface area is 107 Å². The molecule has 1 aliphatic carbocycles. The van der Waals surface area contributed by atoms with Crippen LogP contribution in [0.2, 0.25) is 0 Å². The Morgan fingerprint density at radius 1 is 1.37 bits per heavy atom. The molecule has 0 spiro atoms. The Balaban J connectivity index is 2.07. The van der Waals surface area contributed by atoms with Gasteiger partial charge < -0.3 is 15.3 Å². The molecule has 2 N–H and O–H groups in total. The number of carboxylic acid groups (broad SMARTS) is 1. The van der Waals surface area contributed by atoms with Gasteiger partial charge in [-0.15, -0.1) is 0 Å². The molecule has 1 aromatic carbocycles. The number of aliphatic carboxylic acids is 1. The van der Waals surface area contributed by atoms with Crippen LogP contribution in [-0.2, 0) is 4.79 Å². The van der Waals surface area contributed by atoms with E-state index in [1.807, 2.05) is 0 Å². The van der Waals surface area contributed by atoms with Crippen molar-refractivity contribution in [1.82, 2.24) is 4.90 Å². The van der Waals surface area contributed by atoms with Crippen LogP contribution in [0.1, 0.15) is 12.8 Å². The molecule has 0 saturated heterocycles. The van der Waals surface area contributed by atoms with Crippen molar-refractivity contribution in [2.75, 3.05) is 11.9 Å². The zero-order valence-corrected chi connectivity index (χ0v) is 9.90. The molecular weight excluding hydrogens is 258 g/mol. The van der Waals surface area contributed by atoms with Crippen molar-refractivity contribution in [3.63, 3.8) is 0 Å². The van der Waals surface area contributed by atoms with Gasteiger partial charge in [-0.05, 0) is 25.0 Å². The van der Waals surface area contributed by atoms with E-state index in [2.05, 4.69) is 5.32 Å². The van der Waals surface area contributed by atoms with Gasteiger partial charge in [-0.2, -0.15) is 0 Å². The third kappa shape index (κ3) is 3.40. The highest BCUT2D eigenvalue weighted by Gasteiger charge is 2.34. The fraction of sp³-hybridized carbons (Fsp3) is 0.333. The van der Waals surface area contributed by atoms with E-state index in [0.717, 1.165) is 29.9 Å². The normalized spacial score (nSPS) is 14.0. The number of urea groups is 1. The predicted octanol–water partition coefficient (Wildman–Crippen LogP) is 2.05. The van der Waals surface area contributed by atoms with Gasteiger partial charge in [-0.3, -0.25) is 4.79 Å². The third-order valence-corrected chi connectivity index (χ3v) is 2.73. The molecule has 0 heterocycles. The van der Waals surface area contributed by atoms with Crippen molar-refractivity contribution in [2.24, 2.45) is 0 Å². The Morgan fingerprint density at radius 3 is 2.58 bits per heavy atom. The summed E-state index contributed by atoms with van der Waals surface area (Å²) in [6.07, 6.45) is 1.46. The molecule has 1 saturated carbocycles. The molecule has 2 amide bonds. The van der Waals surface area contributed by atoms with E-state index < -0.39 is 30.2 Å². The molecule has 2 rings (SSSR count). The summed E-state index contributed by atoms with van der Waals surface area (Å²) in [6.45, 7) is -0.445. The summed E-state index contributed by atoms with van der Waals surface area (Å²) >= 11 is 0. The highest BCUT2D eigenvalue weighted by molar-refractivity contribution is 5.91. The quantitative estimate of drug-likeness (QED) is 0.879. The summed E-state index contributed by atoms with van der Waals surface area (Å²) in [5, 5.41) is 11.0. The van der Waals surface area contributed by atoms with Gasteiger partial charge in [0.25, 0.3) is 0 Å². The molecule has 1 fully saturated rings. The van der Waals surface area contributed by atoms with Crippen LogP contribution in [0, 0.1) is 11.6 Å². The van der Waals surface area contributed by atoms with Crippen molar-refractivity contribution < 1.29 is 23.5 Å². The SMILES string of the molecule is O=C(O)CN(C(=O)Nc1ccc(F)cc1F)C1CC1. The van der Waals surface area contributed by atoms with Crippen LogP contribution < -0.4 is 5.32 Å². The van der Waals surface area contributed by atoms with Gasteiger partial charge in [0.2, 0.25) is 0 Å². The number of amides is 2. The van der Waals surface area contributed by atoms with Gasteiger partial charge in [-0.1, -0.05) is 0 Å². The van der Waals surface area contributed by atoms with E-state index in [1.165, 1.54) is 0 Å². The highest BCUT2D eigenvalue weighted by atomic mass is 19.1. The molecule has 5 nitrogen and oxygen atoms in total. The van der Waals surface area contributed by atoms with Gasteiger partial charge in [-0.25, -0.2) is 13.6 Å². The molecule has 0 aliphatic heterocycles. The van der Waals surface area contributed by atoms with E-state index in [-0.39, 0.29) is 11.7 Å². The molecule has 102 valence electrons. The van der Waals surface area contributed by atoms with Crippen LogP contribution in [0.25, 0.3) is 0 Å². The van der Waals surface area contributed by atoms with Gasteiger partial charge in [0.05, 0.1) is 5.69 Å². The Hall–Kier alpha value is -2.18. The number of nitrogens with one attached hydrogen (secondary N) is 1. The molecule has 19 heavy (non-hydrogen) atoms. The van der Waals surface area contributed by atoms with Crippen LogP contribution in [0.3, 0.4) is 0 Å². The minimum absolute atomic E-state index is 0.125. The largest absolute Gasteiger partial charge is 0.480 e. The average molecular weight is 270 g/mol. The predicted molar refractivity (Wildman–Crippen MR) is 62.7 cm³/mol. The lowest BCUT2D eigenvalue weighted by molar-refractivity contribution is -0.137. The van der Waals surface area contributed by atoms with Crippen LogP contribution in [0.5, 0.6) is 0 Å². The molecular formula is C12H12F2N2O3. The number of benzene rings is 1. The number of anilines is 1. The second-order valence-corrected chi connectivity index (χ2v) is 4.31. The summed E-state index contributed by atoms with van der Waals surface area (Å²) in [5.41, 5.74) is -0.178. The number of carbonyl (C=O) groups excluding carboxylic acids is 1. The maximum atomic E-state index is 13.4. The fourth-order valence-electron chi connectivity index (χ4n) is 1.68. The number of halogens is 2. The standard InChI is InChI=1S/C12H12F2N2O3/c13-7-1-4-10(9(14)5-7)15-12(19)16(6-11(17)18)8-2-3-8/h1,4-5,8H,2-3,6H2,(H,15,19)(H,17,18). The number of hydrogen-bond donors (Lipinski definition) is 2. The fourth-order valence-corrected chi connectivity index (χ4v) is 1.68. The van der Waals surface area contributed by atoms with E-state index in [0.29, 0.717) is 6.07 Å². The number of hydrogen-bond acceptors (Lipinski definition) is 2. The smallest absolute Gasteiger partial charge is 0.323 e. The van der Waals surface area contributed by atoms with E-state index in [1.54, 1.807) is 0 Å². The van der Waals surface area contributed by atoms with E-state index >= 15 is 0 Å². The first-order chi connectivity index (χ1) is 8.97. The lowest BCUT2D eigenvalue weighted by atomic mass is 10.3. The second-order valence-electron chi connectivity index (χ2n) is 4.31. The van der Waals surface area contributed by atoms with Crippen molar-refractivity contribution in [3.8, 4) is 0 Å². The Bertz CT molecular complexity index is 518. The number of carbonyl (C=O) groups is 2. The molecule has 0 atom stereocenters. The first-order valence-electron chi connectivity index (χ1n) is 5.72. The monoisotopic (exact) mass is 270 g/mol. The first-order valence-corrected chi connectivity index (χ1v) is 5.72. The summed E-state index contributed by atoms with van der Waals surface area (Å²) in [4.78, 5) is 23.7. The molecule has 0 bridgehead atoms. The van der Waals surface area contributed by atoms with Crippen molar-refractivity contribution >= 4 is 17.7 Å². The average Bonchev–Trinajstić information content (AvgIpc) is 3.13. The lowest BCUT2D eigenvalue weighted by Gasteiger charge is -2.20. The molecule has 0 radical (unpaired) electrons. The van der Waals surface area contributed by atoms with Gasteiger partial charge in [0.15, 0.2) is 0 Å². The van der Waals surface area contributed by atoms with Crippen LogP contribution in [0.4, 0.5) is 19.3 Å². The highest BCUT2D eigenvalue weighted by Crippen LogP contribution is 2.27. The summed E-state index contributed by atoms with van der Waals surface area (Å²) in [5.74, 6) is -2.79. The molecule has 7 heteroatoms. The van der Waals surface area contributed by atoms with Crippen molar-refractivity contribution in [2.45, 2.75) is 18.9 Å². The lowest BCUT2D eigenvalue weighted by Crippen LogP contribution is -2.40. The summed E-state index contributed by atoms with van der Waals surface area (Å²) in [6, 6.07) is 1.93. The zero-order valence-electron chi connectivity index (χ0n) is 9.90. The number of rotatable bonds is 4. The third-order valence-electron chi connectivity index (χ3n) is 2.73. The Morgan fingerprint density at radius 2 is 2.05 bits per heavy atom. The van der Waals surface area contributed by atoms with Crippen molar-refractivity contribution in [3.05, 3.63) is 29.8 Å². The molecule has 0 unspecified atom stereocenters. The van der Waals surface area contributed by atoms with Crippen LogP contribution in [0.15, 0.2) is 18.2 Å². The topological polar surface area (TPSA) is 69.6 Å². The first kappa shape index (κ1) is 13.3. The van der Waals surface area contributed by atoms with Crippen LogP contribution in [-0.4, -0.2) is 34.6 Å². The number of carboxylic acids is 1.